The maximum absolute atomic E-state index is 11.7. The average molecular weight is 294 g/mol. The van der Waals surface area contributed by atoms with Crippen molar-refractivity contribution in [3.8, 4) is 0 Å². The molecular weight excluding hydrogens is 273 g/mol. The summed E-state index contributed by atoms with van der Waals surface area (Å²) in [5.41, 5.74) is 0.970. The van der Waals surface area contributed by atoms with Gasteiger partial charge in [0.05, 0.1) is 0 Å². The van der Waals surface area contributed by atoms with Crippen molar-refractivity contribution in [1.29, 1.82) is 0 Å². The number of carbonyl (C=O) groups is 1. The van der Waals surface area contributed by atoms with E-state index >= 15 is 0 Å². The number of pyridine rings is 1. The van der Waals surface area contributed by atoms with Crippen molar-refractivity contribution >= 4 is 30.7 Å². The second-order valence-electron chi connectivity index (χ2n) is 3.74. The lowest BCUT2D eigenvalue weighted by Crippen LogP contribution is -2.32. The van der Waals surface area contributed by atoms with Crippen LogP contribution in [-0.4, -0.2) is 43.0 Å². The smallest absolute Gasteiger partial charge is 0.222 e. The van der Waals surface area contributed by atoms with Crippen LogP contribution >= 0.6 is 24.8 Å². The molecule has 1 amide bonds. The monoisotopic (exact) mass is 293 g/mol. The van der Waals surface area contributed by atoms with Crippen LogP contribution in [0, 0.1) is 0 Å². The minimum Gasteiger partial charge on any atom is -0.344 e. The third-order valence-corrected chi connectivity index (χ3v) is 2.44. The van der Waals surface area contributed by atoms with Crippen molar-refractivity contribution in [2.75, 3.05) is 27.2 Å². The van der Waals surface area contributed by atoms with Crippen molar-refractivity contribution in [3.05, 3.63) is 30.1 Å². The van der Waals surface area contributed by atoms with E-state index in [0.717, 1.165) is 18.8 Å². The van der Waals surface area contributed by atoms with E-state index in [2.05, 4.69) is 10.3 Å². The Morgan fingerprint density at radius 2 is 2.11 bits per heavy atom. The van der Waals surface area contributed by atoms with Crippen molar-refractivity contribution < 1.29 is 4.79 Å². The normalized spacial score (nSPS) is 9.00. The van der Waals surface area contributed by atoms with Crippen LogP contribution in [0.2, 0.25) is 0 Å². The lowest BCUT2D eigenvalue weighted by Gasteiger charge is -2.16. The van der Waals surface area contributed by atoms with Crippen LogP contribution in [0.15, 0.2) is 24.4 Å². The minimum absolute atomic E-state index is 0. The Morgan fingerprint density at radius 3 is 2.67 bits per heavy atom. The molecule has 1 aromatic rings. The van der Waals surface area contributed by atoms with Crippen molar-refractivity contribution in [2.45, 2.75) is 12.8 Å². The maximum Gasteiger partial charge on any atom is 0.222 e. The molecule has 0 unspecified atom stereocenters. The minimum atomic E-state index is 0. The van der Waals surface area contributed by atoms with Crippen LogP contribution < -0.4 is 5.32 Å². The second-order valence-corrected chi connectivity index (χ2v) is 3.74. The Labute approximate surface area is 121 Å². The average Bonchev–Trinajstić information content (AvgIpc) is 2.34. The molecule has 0 atom stereocenters. The number of likely N-dealkylation sites (N-methyl/N-ethyl adjacent to an activating group) is 2. The molecule has 1 aromatic heterocycles. The van der Waals surface area contributed by atoms with E-state index < -0.39 is 0 Å². The molecule has 0 aliphatic carbocycles. The van der Waals surface area contributed by atoms with E-state index in [1.54, 1.807) is 11.1 Å². The van der Waals surface area contributed by atoms with Gasteiger partial charge in [0.25, 0.3) is 0 Å². The second kappa shape index (κ2) is 11.3. The van der Waals surface area contributed by atoms with Gasteiger partial charge in [0.1, 0.15) is 0 Å². The Hall–Kier alpha value is -0.840. The summed E-state index contributed by atoms with van der Waals surface area (Å²) in [5.74, 6) is 0.168. The van der Waals surface area contributed by atoms with E-state index in [1.807, 2.05) is 32.3 Å². The summed E-state index contributed by atoms with van der Waals surface area (Å²) in [6.45, 7) is 1.57. The zero-order valence-electron chi connectivity index (χ0n) is 10.8. The lowest BCUT2D eigenvalue weighted by molar-refractivity contribution is -0.129. The Kier molecular flexibility index (Phi) is 12.2. The van der Waals surface area contributed by atoms with Gasteiger partial charge in [0.15, 0.2) is 0 Å². The summed E-state index contributed by atoms with van der Waals surface area (Å²) in [4.78, 5) is 17.6. The fraction of sp³-hybridized carbons (Fsp3) is 0.500. The third-order valence-electron chi connectivity index (χ3n) is 2.44. The van der Waals surface area contributed by atoms with Gasteiger partial charge in [-0.2, -0.15) is 0 Å². The molecule has 0 bridgehead atoms. The number of aryl methyl sites for hydroxylation is 1. The Balaban J connectivity index is 0. The largest absolute Gasteiger partial charge is 0.344 e. The molecule has 6 heteroatoms. The van der Waals surface area contributed by atoms with Gasteiger partial charge >= 0.3 is 0 Å². The molecule has 0 aromatic carbocycles. The molecule has 1 rings (SSSR count). The van der Waals surface area contributed by atoms with E-state index in [4.69, 9.17) is 0 Å². The quantitative estimate of drug-likeness (QED) is 0.865. The molecule has 0 spiro atoms. The molecule has 18 heavy (non-hydrogen) atoms. The molecular formula is C12H21Cl2N3O. The molecule has 0 aliphatic rings. The summed E-state index contributed by atoms with van der Waals surface area (Å²) < 4.78 is 0. The summed E-state index contributed by atoms with van der Waals surface area (Å²) in [6.07, 6.45) is 2.99. The Bertz CT molecular complexity index is 322. The Morgan fingerprint density at radius 1 is 1.39 bits per heavy atom. The summed E-state index contributed by atoms with van der Waals surface area (Å²) in [5, 5.41) is 3.02. The summed E-state index contributed by atoms with van der Waals surface area (Å²) in [7, 11) is 3.71. The first-order chi connectivity index (χ1) is 7.74. The highest BCUT2D eigenvalue weighted by Crippen LogP contribution is 2.00. The topological polar surface area (TPSA) is 45.2 Å². The fourth-order valence-electron chi connectivity index (χ4n) is 1.38. The molecule has 1 N–H and O–H groups in total. The van der Waals surface area contributed by atoms with Gasteiger partial charge in [-0.25, -0.2) is 0 Å². The number of nitrogens with one attached hydrogen (secondary N) is 1. The number of hydrogen-bond donors (Lipinski definition) is 1. The molecule has 1 heterocycles. The summed E-state index contributed by atoms with van der Waals surface area (Å²) in [6, 6.07) is 5.77. The van der Waals surface area contributed by atoms with Gasteiger partial charge in [-0.05, 0) is 25.6 Å². The van der Waals surface area contributed by atoms with Gasteiger partial charge in [-0.1, -0.05) is 6.07 Å². The van der Waals surface area contributed by atoms with E-state index in [1.165, 1.54) is 0 Å². The predicted molar refractivity (Wildman–Crippen MR) is 78.6 cm³/mol. The molecule has 0 fully saturated rings. The molecule has 0 saturated heterocycles. The zero-order valence-corrected chi connectivity index (χ0v) is 12.4. The molecule has 0 aliphatic heterocycles. The molecule has 104 valence electrons. The molecule has 4 nitrogen and oxygen atoms in total. The highest BCUT2D eigenvalue weighted by molar-refractivity contribution is 5.85. The van der Waals surface area contributed by atoms with Crippen molar-refractivity contribution in [3.63, 3.8) is 0 Å². The van der Waals surface area contributed by atoms with Crippen LogP contribution in [0.25, 0.3) is 0 Å². The van der Waals surface area contributed by atoms with Gasteiger partial charge in [0, 0.05) is 38.4 Å². The first kappa shape index (κ1) is 19.5. The number of amides is 1. The lowest BCUT2D eigenvalue weighted by atomic mass is 10.2. The number of aromatic nitrogens is 1. The highest BCUT2D eigenvalue weighted by Gasteiger charge is 2.07. The predicted octanol–water partition coefficient (Wildman–Crippen LogP) is 1.54. The van der Waals surface area contributed by atoms with Crippen LogP contribution in [0.1, 0.15) is 12.1 Å². The molecule has 0 radical (unpaired) electrons. The van der Waals surface area contributed by atoms with Crippen LogP contribution in [0.4, 0.5) is 0 Å². The standard InChI is InChI=1S/C12H19N3O.2ClH/c1-13-9-10-15(2)12(16)7-6-11-5-3-4-8-14-11;;/h3-5,8,13H,6-7,9-10H2,1-2H3;2*1H. The number of rotatable bonds is 6. The van der Waals surface area contributed by atoms with E-state index in [9.17, 15) is 4.79 Å². The van der Waals surface area contributed by atoms with E-state index in [-0.39, 0.29) is 30.7 Å². The SMILES string of the molecule is CNCCN(C)C(=O)CCc1ccccn1.Cl.Cl. The first-order valence-electron chi connectivity index (χ1n) is 5.52. The van der Waals surface area contributed by atoms with Crippen LogP contribution in [0.3, 0.4) is 0 Å². The zero-order chi connectivity index (χ0) is 11.8. The number of carbonyl (C=O) groups excluding carboxylic acids is 1. The van der Waals surface area contributed by atoms with E-state index in [0.29, 0.717) is 12.8 Å². The van der Waals surface area contributed by atoms with Gasteiger partial charge in [0.2, 0.25) is 5.91 Å². The van der Waals surface area contributed by atoms with Gasteiger partial charge < -0.3 is 10.2 Å². The fourth-order valence-corrected chi connectivity index (χ4v) is 1.38. The van der Waals surface area contributed by atoms with Gasteiger partial charge in [-0.15, -0.1) is 24.8 Å². The maximum atomic E-state index is 11.7. The third kappa shape index (κ3) is 7.48. The number of hydrogen-bond acceptors (Lipinski definition) is 3. The first-order valence-corrected chi connectivity index (χ1v) is 5.52. The highest BCUT2D eigenvalue weighted by atomic mass is 35.5. The molecule has 0 saturated carbocycles. The van der Waals surface area contributed by atoms with Crippen molar-refractivity contribution in [1.82, 2.24) is 15.2 Å². The van der Waals surface area contributed by atoms with Crippen LogP contribution in [0.5, 0.6) is 0 Å². The van der Waals surface area contributed by atoms with Crippen molar-refractivity contribution in [2.24, 2.45) is 0 Å². The number of halogens is 2. The van der Waals surface area contributed by atoms with Crippen LogP contribution in [-0.2, 0) is 11.2 Å². The number of nitrogens with zero attached hydrogens (tertiary/aromatic N) is 2. The van der Waals surface area contributed by atoms with Gasteiger partial charge in [-0.3, -0.25) is 9.78 Å². The summed E-state index contributed by atoms with van der Waals surface area (Å²) >= 11 is 0.